The predicted molar refractivity (Wildman–Crippen MR) is 81.9 cm³/mol. The Morgan fingerprint density at radius 2 is 2.00 bits per heavy atom. The third kappa shape index (κ3) is 3.69. The molecule has 0 radical (unpaired) electrons. The van der Waals surface area contributed by atoms with E-state index in [0.717, 1.165) is 12.8 Å². The summed E-state index contributed by atoms with van der Waals surface area (Å²) in [6.07, 6.45) is 2.54. The van der Waals surface area contributed by atoms with Gasteiger partial charge in [0.25, 0.3) is 0 Å². The summed E-state index contributed by atoms with van der Waals surface area (Å²) in [4.78, 5) is 14.1. The molecule has 0 spiro atoms. The highest BCUT2D eigenvalue weighted by molar-refractivity contribution is 7.90. The van der Waals surface area contributed by atoms with Crippen LogP contribution < -0.4 is 0 Å². The summed E-state index contributed by atoms with van der Waals surface area (Å²) in [5.74, 6) is 0.695. The molecule has 0 atom stereocenters. The average Bonchev–Trinajstić information content (AvgIpc) is 3.32. The molecule has 1 saturated carbocycles. The van der Waals surface area contributed by atoms with Gasteiger partial charge in [0.15, 0.2) is 0 Å². The number of hydrogen-bond acceptors (Lipinski definition) is 6. The quantitative estimate of drug-likeness (QED) is 0.708. The number of carbonyl (C=O) groups excluding carboxylic acids is 1. The van der Waals surface area contributed by atoms with Gasteiger partial charge in [-0.15, -0.1) is 5.10 Å². The highest BCUT2D eigenvalue weighted by Crippen LogP contribution is 2.31. The minimum atomic E-state index is -3.15. The Morgan fingerprint density at radius 1 is 1.22 bits per heavy atom. The second kappa shape index (κ2) is 6.52. The minimum Gasteiger partial charge on any atom is -0.341 e. The van der Waals surface area contributed by atoms with Crippen LogP contribution in [0.3, 0.4) is 0 Å². The van der Waals surface area contributed by atoms with Crippen molar-refractivity contribution in [3.8, 4) is 0 Å². The summed E-state index contributed by atoms with van der Waals surface area (Å²) in [5.41, 5.74) is 0. The summed E-state index contributed by atoms with van der Waals surface area (Å²) in [6.45, 7) is 4.20. The Labute approximate surface area is 135 Å². The van der Waals surface area contributed by atoms with Crippen molar-refractivity contribution in [2.24, 2.45) is 0 Å². The first kappa shape index (κ1) is 16.3. The molecule has 1 aromatic heterocycles. The molecular weight excluding hydrogens is 320 g/mol. The maximum absolute atomic E-state index is 12.3. The lowest BCUT2D eigenvalue weighted by Gasteiger charge is -2.22. The van der Waals surface area contributed by atoms with E-state index >= 15 is 0 Å². The molecule has 3 rings (SSSR count). The van der Waals surface area contributed by atoms with Crippen LogP contribution in [0.25, 0.3) is 0 Å². The summed E-state index contributed by atoms with van der Waals surface area (Å²) >= 11 is 0. The van der Waals surface area contributed by atoms with E-state index in [0.29, 0.717) is 51.4 Å². The number of aromatic nitrogens is 4. The smallest absolute Gasteiger partial charge is 0.224 e. The third-order valence-electron chi connectivity index (χ3n) is 4.36. The fourth-order valence-corrected chi connectivity index (χ4v) is 4.66. The molecule has 0 unspecified atom stereocenters. The number of carbonyl (C=O) groups is 1. The lowest BCUT2D eigenvalue weighted by atomic mass is 10.3. The second-order valence-electron chi connectivity index (χ2n) is 6.08. The van der Waals surface area contributed by atoms with Crippen LogP contribution >= 0.6 is 0 Å². The van der Waals surface area contributed by atoms with E-state index in [4.69, 9.17) is 0 Å². The van der Waals surface area contributed by atoms with Crippen LogP contribution in [0.1, 0.15) is 31.5 Å². The largest absolute Gasteiger partial charge is 0.341 e. The fraction of sp³-hybridized carbons (Fsp3) is 0.846. The monoisotopic (exact) mass is 342 g/mol. The molecule has 0 N–H and O–H groups in total. The van der Waals surface area contributed by atoms with Gasteiger partial charge in [-0.2, -0.15) is 4.31 Å². The Hall–Kier alpha value is -1.55. The summed E-state index contributed by atoms with van der Waals surface area (Å²) in [6, 6.07) is 0. The molecule has 1 aromatic rings. The van der Waals surface area contributed by atoms with Gasteiger partial charge >= 0.3 is 0 Å². The van der Waals surface area contributed by atoms with E-state index in [1.54, 1.807) is 20.8 Å². The number of sulfonamides is 1. The molecule has 9 nitrogen and oxygen atoms in total. The van der Waals surface area contributed by atoms with E-state index < -0.39 is 10.0 Å². The number of tetrazole rings is 1. The van der Waals surface area contributed by atoms with Crippen molar-refractivity contribution in [3.05, 3.63) is 5.82 Å². The number of aryl methyl sites for hydroxylation is 2. The van der Waals surface area contributed by atoms with Crippen molar-refractivity contribution in [2.75, 3.05) is 26.2 Å². The topological polar surface area (TPSA) is 101 Å². The summed E-state index contributed by atoms with van der Waals surface area (Å²) in [7, 11) is -3.15. The van der Waals surface area contributed by atoms with Gasteiger partial charge in [-0.05, 0) is 36.6 Å². The Bertz CT molecular complexity index is 669. The van der Waals surface area contributed by atoms with Crippen LogP contribution in [0.4, 0.5) is 0 Å². The Kier molecular flexibility index (Phi) is 4.62. The number of rotatable bonds is 5. The predicted octanol–water partition coefficient (Wildman–Crippen LogP) is -0.602. The zero-order chi connectivity index (χ0) is 16.4. The normalized spacial score (nSPS) is 20.5. The number of hydrogen-bond donors (Lipinski definition) is 0. The van der Waals surface area contributed by atoms with Gasteiger partial charge in [-0.3, -0.25) is 4.79 Å². The number of amides is 1. The molecule has 10 heteroatoms. The molecule has 1 aliphatic heterocycles. The van der Waals surface area contributed by atoms with Gasteiger partial charge in [0.1, 0.15) is 5.82 Å². The molecule has 0 aromatic carbocycles. The van der Waals surface area contributed by atoms with E-state index in [2.05, 4.69) is 15.5 Å². The minimum absolute atomic E-state index is 0.0190. The highest BCUT2D eigenvalue weighted by Gasteiger charge is 2.40. The summed E-state index contributed by atoms with van der Waals surface area (Å²) in [5, 5.41) is 11.0. The molecule has 23 heavy (non-hydrogen) atoms. The Morgan fingerprint density at radius 3 is 2.65 bits per heavy atom. The average molecular weight is 342 g/mol. The van der Waals surface area contributed by atoms with Crippen LogP contribution in [0.5, 0.6) is 0 Å². The van der Waals surface area contributed by atoms with E-state index in [9.17, 15) is 13.2 Å². The summed E-state index contributed by atoms with van der Waals surface area (Å²) < 4.78 is 27.7. The van der Waals surface area contributed by atoms with Gasteiger partial charge in [-0.1, -0.05) is 0 Å². The molecule has 128 valence electrons. The van der Waals surface area contributed by atoms with Crippen LogP contribution in [0, 0.1) is 6.92 Å². The SMILES string of the molecule is Cc1nnnn1CCC(=O)N1CCCN(S(=O)(=O)C2CC2)CC1. The molecule has 2 fully saturated rings. The Balaban J connectivity index is 1.53. The molecular formula is C13H22N6O3S. The standard InChI is InChI=1S/C13H22N6O3S/c1-11-14-15-16-19(11)8-5-13(20)17-6-2-7-18(10-9-17)23(21,22)12-3-4-12/h12H,2-10H2,1H3. The second-order valence-corrected chi connectivity index (χ2v) is 8.29. The lowest BCUT2D eigenvalue weighted by molar-refractivity contribution is -0.131. The van der Waals surface area contributed by atoms with Crippen molar-refractivity contribution < 1.29 is 13.2 Å². The van der Waals surface area contributed by atoms with E-state index in [1.165, 1.54) is 0 Å². The lowest BCUT2D eigenvalue weighted by Crippen LogP contribution is -2.38. The molecule has 1 saturated heterocycles. The first-order valence-corrected chi connectivity index (χ1v) is 9.48. The maximum Gasteiger partial charge on any atom is 0.224 e. The van der Waals surface area contributed by atoms with Gasteiger partial charge in [0.2, 0.25) is 15.9 Å². The van der Waals surface area contributed by atoms with Crippen molar-refractivity contribution in [1.29, 1.82) is 0 Å². The zero-order valence-electron chi connectivity index (χ0n) is 13.3. The zero-order valence-corrected chi connectivity index (χ0v) is 14.1. The van der Waals surface area contributed by atoms with Crippen LogP contribution in [-0.4, -0.2) is 75.2 Å². The first-order valence-electron chi connectivity index (χ1n) is 7.98. The van der Waals surface area contributed by atoms with Gasteiger partial charge in [-0.25, -0.2) is 13.1 Å². The van der Waals surface area contributed by atoms with Gasteiger partial charge in [0.05, 0.1) is 11.8 Å². The van der Waals surface area contributed by atoms with E-state index in [1.807, 2.05) is 0 Å². The third-order valence-corrected chi connectivity index (χ3v) is 6.76. The van der Waals surface area contributed by atoms with E-state index in [-0.39, 0.29) is 11.2 Å². The van der Waals surface area contributed by atoms with Crippen LogP contribution in [0.2, 0.25) is 0 Å². The van der Waals surface area contributed by atoms with Crippen molar-refractivity contribution >= 4 is 15.9 Å². The molecule has 1 aliphatic carbocycles. The molecule has 2 heterocycles. The molecule has 0 bridgehead atoms. The van der Waals surface area contributed by atoms with Crippen molar-refractivity contribution in [2.45, 2.75) is 44.4 Å². The van der Waals surface area contributed by atoms with Crippen molar-refractivity contribution in [1.82, 2.24) is 29.4 Å². The molecule has 1 amide bonds. The fourth-order valence-electron chi connectivity index (χ4n) is 2.79. The van der Waals surface area contributed by atoms with Crippen molar-refractivity contribution in [3.63, 3.8) is 0 Å². The number of nitrogens with zero attached hydrogens (tertiary/aromatic N) is 6. The highest BCUT2D eigenvalue weighted by atomic mass is 32.2. The maximum atomic E-state index is 12.3. The molecule has 2 aliphatic rings. The van der Waals surface area contributed by atoms with Crippen LogP contribution in [-0.2, 0) is 21.4 Å². The first-order chi connectivity index (χ1) is 11.0. The van der Waals surface area contributed by atoms with Crippen LogP contribution in [0.15, 0.2) is 0 Å². The van der Waals surface area contributed by atoms with Gasteiger partial charge in [0, 0.05) is 32.6 Å². The van der Waals surface area contributed by atoms with Gasteiger partial charge < -0.3 is 4.90 Å².